The van der Waals surface area contributed by atoms with Crippen molar-refractivity contribution in [3.63, 3.8) is 0 Å². The standard InChI is InChI=1S/C20H15F3N4O2.C18H13F3N2O3.C3H6N2/c21-20(22,23)15-8-6-13(7-9-15)12-14-4-1-2-5-16(14)18-26-27-19(29-18)17(28)25-11-3-10-24;1-25-17(24)16-23-22-15(26-16)14-5-3-2-4-12(14)10-11-6-8-13(9-7-11)18(19,20)21;4-2-1-3-5/h1-2,4-9H,3,11-12H2,(H,25,28);2-9H,10H2,1H3;1-2,4H2. The van der Waals surface area contributed by atoms with E-state index in [1.54, 1.807) is 48.5 Å². The summed E-state index contributed by atoms with van der Waals surface area (Å²) < 4.78 is 91.4. The summed E-state index contributed by atoms with van der Waals surface area (Å²) in [4.78, 5) is 23.4. The number of hydrogen-bond donors (Lipinski definition) is 2. The first-order valence-corrected chi connectivity index (χ1v) is 17.6. The molecular weight excluding hydrogens is 798 g/mol. The number of alkyl halides is 6. The van der Waals surface area contributed by atoms with Crippen LogP contribution < -0.4 is 11.1 Å². The monoisotopic (exact) mass is 832 g/mol. The Kier molecular flexibility index (Phi) is 16.2. The third-order valence-corrected chi connectivity index (χ3v) is 8.03. The van der Waals surface area contributed by atoms with Crippen molar-refractivity contribution in [1.29, 1.82) is 10.5 Å². The van der Waals surface area contributed by atoms with Gasteiger partial charge in [-0.1, -0.05) is 60.7 Å². The first-order chi connectivity index (χ1) is 28.7. The zero-order valence-electron chi connectivity index (χ0n) is 31.5. The minimum atomic E-state index is -4.38. The van der Waals surface area contributed by atoms with Crippen LogP contribution in [0.1, 0.15) is 67.6 Å². The molecule has 13 nitrogen and oxygen atoms in total. The molecule has 0 saturated heterocycles. The fourth-order valence-corrected chi connectivity index (χ4v) is 5.13. The van der Waals surface area contributed by atoms with Crippen LogP contribution in [0.4, 0.5) is 26.3 Å². The van der Waals surface area contributed by atoms with Crippen LogP contribution in [0.2, 0.25) is 0 Å². The number of carbonyl (C=O) groups is 2. The maximum absolute atomic E-state index is 12.7. The topological polar surface area (TPSA) is 207 Å². The first kappa shape index (κ1) is 45.3. The van der Waals surface area contributed by atoms with E-state index < -0.39 is 35.4 Å². The van der Waals surface area contributed by atoms with Gasteiger partial charge in [-0.3, -0.25) is 4.79 Å². The molecular formula is C41H34F6N8O5. The molecule has 0 atom stereocenters. The number of carbonyl (C=O) groups excluding carboxylic acids is 2. The van der Waals surface area contributed by atoms with Gasteiger partial charge in [0.25, 0.3) is 0 Å². The second-order valence-electron chi connectivity index (χ2n) is 12.2. The number of esters is 1. The summed E-state index contributed by atoms with van der Waals surface area (Å²) >= 11 is 0. The number of nitrogens with two attached hydrogens (primary N) is 1. The number of nitrogens with one attached hydrogen (secondary N) is 1. The van der Waals surface area contributed by atoms with E-state index in [0.717, 1.165) is 35.4 Å². The van der Waals surface area contributed by atoms with Gasteiger partial charge in [-0.2, -0.15) is 36.9 Å². The Balaban J connectivity index is 0.000000239. The van der Waals surface area contributed by atoms with Gasteiger partial charge in [-0.15, -0.1) is 20.4 Å². The van der Waals surface area contributed by atoms with E-state index in [9.17, 15) is 35.9 Å². The van der Waals surface area contributed by atoms with Gasteiger partial charge >= 0.3 is 36.0 Å². The second-order valence-corrected chi connectivity index (χ2v) is 12.2. The van der Waals surface area contributed by atoms with Crippen molar-refractivity contribution in [1.82, 2.24) is 25.7 Å². The van der Waals surface area contributed by atoms with Gasteiger partial charge in [0, 0.05) is 30.6 Å². The molecule has 0 bridgehead atoms. The Morgan fingerprint density at radius 3 is 1.50 bits per heavy atom. The van der Waals surface area contributed by atoms with Crippen LogP contribution in [0.15, 0.2) is 106 Å². The molecule has 0 aliphatic rings. The van der Waals surface area contributed by atoms with Crippen LogP contribution in [0.3, 0.4) is 0 Å². The predicted octanol–water partition coefficient (Wildman–Crippen LogP) is 7.98. The molecule has 0 aliphatic heterocycles. The number of ether oxygens (including phenoxy) is 1. The number of methoxy groups -OCH3 is 1. The summed E-state index contributed by atoms with van der Waals surface area (Å²) in [5.74, 6) is -1.58. The summed E-state index contributed by atoms with van der Waals surface area (Å²) in [5.41, 5.74) is 7.58. The lowest BCUT2D eigenvalue weighted by Gasteiger charge is -2.09. The van der Waals surface area contributed by atoms with E-state index in [1.165, 1.54) is 31.4 Å². The van der Waals surface area contributed by atoms with Crippen LogP contribution in [0, 0.1) is 22.7 Å². The fraction of sp³-hybridized carbons (Fsp3) is 0.220. The lowest BCUT2D eigenvalue weighted by molar-refractivity contribution is -0.138. The van der Waals surface area contributed by atoms with Gasteiger partial charge < -0.3 is 24.6 Å². The molecule has 3 N–H and O–H groups in total. The number of halogens is 6. The molecule has 310 valence electrons. The highest BCUT2D eigenvalue weighted by Gasteiger charge is 2.31. The zero-order valence-corrected chi connectivity index (χ0v) is 31.5. The van der Waals surface area contributed by atoms with Gasteiger partial charge in [0.15, 0.2) is 0 Å². The molecule has 0 spiro atoms. The largest absolute Gasteiger partial charge is 0.462 e. The van der Waals surface area contributed by atoms with Crippen LogP contribution in [-0.4, -0.2) is 52.5 Å². The van der Waals surface area contributed by atoms with Gasteiger partial charge in [-0.25, -0.2) is 4.79 Å². The number of amides is 1. The van der Waals surface area contributed by atoms with Crippen molar-refractivity contribution >= 4 is 11.9 Å². The third-order valence-electron chi connectivity index (χ3n) is 8.03. The molecule has 0 aliphatic carbocycles. The van der Waals surface area contributed by atoms with Gasteiger partial charge in [0.05, 0.1) is 36.8 Å². The number of nitriles is 2. The number of rotatable bonds is 11. The minimum Gasteiger partial charge on any atom is -0.462 e. The van der Waals surface area contributed by atoms with E-state index in [0.29, 0.717) is 48.1 Å². The molecule has 19 heteroatoms. The van der Waals surface area contributed by atoms with Crippen LogP contribution in [0.5, 0.6) is 0 Å². The minimum absolute atomic E-state index is 0.123. The highest BCUT2D eigenvalue weighted by molar-refractivity contribution is 5.89. The number of benzene rings is 4. The number of hydrogen-bond acceptors (Lipinski definition) is 12. The molecule has 0 saturated carbocycles. The van der Waals surface area contributed by atoms with E-state index in [1.807, 2.05) is 12.1 Å². The van der Waals surface area contributed by atoms with Crippen LogP contribution in [-0.2, 0) is 29.9 Å². The van der Waals surface area contributed by atoms with Crippen molar-refractivity contribution in [2.45, 2.75) is 38.0 Å². The quantitative estimate of drug-likeness (QED) is 0.0724. The Labute approximate surface area is 338 Å². The van der Waals surface area contributed by atoms with Crippen molar-refractivity contribution in [3.8, 4) is 35.0 Å². The summed E-state index contributed by atoms with van der Waals surface area (Å²) in [7, 11) is 1.20. The lowest BCUT2D eigenvalue weighted by Crippen LogP contribution is -2.24. The van der Waals surface area contributed by atoms with Crippen molar-refractivity contribution in [2.24, 2.45) is 5.73 Å². The van der Waals surface area contributed by atoms with Crippen LogP contribution in [0.25, 0.3) is 22.9 Å². The molecule has 4 aromatic carbocycles. The van der Waals surface area contributed by atoms with E-state index in [2.05, 4.69) is 30.4 Å². The predicted molar refractivity (Wildman–Crippen MR) is 201 cm³/mol. The van der Waals surface area contributed by atoms with Gasteiger partial charge in [-0.05, 0) is 71.5 Å². The molecule has 2 aromatic heterocycles. The highest BCUT2D eigenvalue weighted by atomic mass is 19.4. The van der Waals surface area contributed by atoms with Crippen molar-refractivity contribution in [3.05, 3.63) is 142 Å². The SMILES string of the molecule is COC(=O)c1nnc(-c2ccccc2Cc2ccc(C(F)(F)F)cc2)o1.N#CCCN.N#CCCNC(=O)c1nnc(-c2ccccc2Cc2ccc(C(F)(F)F)cc2)o1. The Hall–Kier alpha value is -7.38. The molecule has 6 rings (SSSR count). The molecule has 2 heterocycles. The molecule has 0 fully saturated rings. The van der Waals surface area contributed by atoms with Gasteiger partial charge in [0.2, 0.25) is 11.8 Å². The molecule has 0 unspecified atom stereocenters. The maximum atomic E-state index is 12.7. The average molecular weight is 833 g/mol. The van der Waals surface area contributed by atoms with E-state index >= 15 is 0 Å². The molecule has 1 amide bonds. The first-order valence-electron chi connectivity index (χ1n) is 17.6. The van der Waals surface area contributed by atoms with E-state index in [-0.39, 0.29) is 36.5 Å². The Bertz CT molecular complexity index is 2420. The summed E-state index contributed by atoms with van der Waals surface area (Å²) in [6.07, 6.45) is -7.41. The summed E-state index contributed by atoms with van der Waals surface area (Å²) in [6, 6.07) is 27.8. The van der Waals surface area contributed by atoms with Gasteiger partial charge in [0.1, 0.15) is 0 Å². The van der Waals surface area contributed by atoms with E-state index in [4.69, 9.17) is 25.1 Å². The summed E-state index contributed by atoms with van der Waals surface area (Å²) in [5, 5.41) is 33.8. The number of nitrogens with zero attached hydrogens (tertiary/aromatic N) is 6. The lowest BCUT2D eigenvalue weighted by atomic mass is 9.99. The Morgan fingerprint density at radius 2 is 1.10 bits per heavy atom. The third kappa shape index (κ3) is 13.1. The second kappa shape index (κ2) is 21.4. The average Bonchev–Trinajstić information content (AvgIpc) is 3.93. The fourth-order valence-electron chi connectivity index (χ4n) is 5.13. The smallest absolute Gasteiger partial charge is 0.416 e. The Morgan fingerprint density at radius 1 is 0.667 bits per heavy atom. The summed E-state index contributed by atoms with van der Waals surface area (Å²) in [6.45, 7) is 0.647. The van der Waals surface area contributed by atoms with Crippen molar-refractivity contribution in [2.75, 3.05) is 20.2 Å². The van der Waals surface area contributed by atoms with Crippen molar-refractivity contribution < 1.29 is 49.5 Å². The molecule has 0 radical (unpaired) electrons. The molecule has 6 aromatic rings. The zero-order chi connectivity index (χ0) is 43.7. The highest BCUT2D eigenvalue weighted by Crippen LogP contribution is 2.32. The molecule has 60 heavy (non-hydrogen) atoms. The number of aromatic nitrogens is 4. The van der Waals surface area contributed by atoms with Crippen LogP contribution >= 0.6 is 0 Å². The normalized spacial score (nSPS) is 10.8. The maximum Gasteiger partial charge on any atom is 0.416 e.